The van der Waals surface area contributed by atoms with Crippen molar-refractivity contribution in [3.05, 3.63) is 59.7 Å². The first-order valence-electron chi connectivity index (χ1n) is 6.92. The monoisotopic (exact) mass is 253 g/mol. The fourth-order valence-corrected chi connectivity index (χ4v) is 2.63. The van der Waals surface area contributed by atoms with Crippen molar-refractivity contribution in [3.63, 3.8) is 0 Å². The molecule has 0 radical (unpaired) electrons. The number of rotatable bonds is 4. The van der Waals surface area contributed by atoms with Crippen LogP contribution in [0.5, 0.6) is 5.75 Å². The van der Waals surface area contributed by atoms with E-state index in [9.17, 15) is 0 Å². The molecule has 0 saturated carbocycles. The first-order valence-corrected chi connectivity index (χ1v) is 6.92. The van der Waals surface area contributed by atoms with Crippen LogP contribution in [0.15, 0.2) is 48.5 Å². The van der Waals surface area contributed by atoms with Gasteiger partial charge in [0, 0.05) is 23.7 Å². The zero-order valence-corrected chi connectivity index (χ0v) is 11.2. The van der Waals surface area contributed by atoms with E-state index in [2.05, 4.69) is 54.7 Å². The van der Waals surface area contributed by atoms with Crippen molar-refractivity contribution in [1.29, 1.82) is 0 Å². The third-order valence-electron chi connectivity index (χ3n) is 3.74. The molecule has 1 unspecified atom stereocenters. The summed E-state index contributed by atoms with van der Waals surface area (Å²) < 4.78 is 5.72. The van der Waals surface area contributed by atoms with Crippen molar-refractivity contribution in [1.82, 2.24) is 0 Å². The fraction of sp³-hybridized carbons (Fsp3) is 0.294. The molecule has 3 rings (SSSR count). The van der Waals surface area contributed by atoms with Crippen LogP contribution >= 0.6 is 0 Å². The van der Waals surface area contributed by atoms with Crippen LogP contribution in [-0.4, -0.2) is 13.2 Å². The van der Waals surface area contributed by atoms with Gasteiger partial charge in [0.15, 0.2) is 0 Å². The molecule has 0 spiro atoms. The summed E-state index contributed by atoms with van der Waals surface area (Å²) in [5.74, 6) is 1.49. The molecule has 1 atom stereocenters. The summed E-state index contributed by atoms with van der Waals surface area (Å²) in [6, 6.07) is 16.8. The van der Waals surface area contributed by atoms with Gasteiger partial charge in [-0.15, -0.1) is 0 Å². The molecule has 2 aromatic rings. The summed E-state index contributed by atoms with van der Waals surface area (Å²) >= 11 is 0. The fourth-order valence-electron chi connectivity index (χ4n) is 2.63. The van der Waals surface area contributed by atoms with Gasteiger partial charge in [-0.05, 0) is 24.1 Å². The number of para-hydroxylation sites is 2. The number of ether oxygens (including phenoxy) is 1. The molecule has 2 heteroatoms. The molecule has 1 N–H and O–H groups in total. The van der Waals surface area contributed by atoms with E-state index in [0.29, 0.717) is 5.92 Å². The van der Waals surface area contributed by atoms with Gasteiger partial charge in [0.1, 0.15) is 5.75 Å². The largest absolute Gasteiger partial charge is 0.493 e. The van der Waals surface area contributed by atoms with Crippen molar-refractivity contribution in [3.8, 4) is 5.75 Å². The normalized spacial score (nSPS) is 16.8. The standard InChI is InChI=1S/C17H19NO/c1-2-13-7-3-5-9-16(13)18-11-14-12-19-17-10-6-4-8-15(14)17/h3-10,14,18H,2,11-12H2,1H3. The number of benzene rings is 2. The smallest absolute Gasteiger partial charge is 0.122 e. The predicted molar refractivity (Wildman–Crippen MR) is 79.0 cm³/mol. The minimum atomic E-state index is 0.445. The highest BCUT2D eigenvalue weighted by Gasteiger charge is 2.23. The highest BCUT2D eigenvalue weighted by atomic mass is 16.5. The van der Waals surface area contributed by atoms with Gasteiger partial charge in [-0.1, -0.05) is 43.3 Å². The van der Waals surface area contributed by atoms with Gasteiger partial charge in [0.25, 0.3) is 0 Å². The Morgan fingerprint density at radius 1 is 1.11 bits per heavy atom. The molecule has 0 amide bonds. The Bertz CT molecular complexity index is 565. The Morgan fingerprint density at radius 3 is 2.79 bits per heavy atom. The molecule has 2 nitrogen and oxygen atoms in total. The predicted octanol–water partition coefficient (Wildman–Crippen LogP) is 3.84. The first kappa shape index (κ1) is 12.1. The molecule has 0 saturated heterocycles. The van der Waals surface area contributed by atoms with Crippen LogP contribution in [0.3, 0.4) is 0 Å². The van der Waals surface area contributed by atoms with E-state index in [1.807, 2.05) is 6.07 Å². The minimum Gasteiger partial charge on any atom is -0.493 e. The van der Waals surface area contributed by atoms with Crippen LogP contribution in [0.25, 0.3) is 0 Å². The van der Waals surface area contributed by atoms with Crippen molar-refractivity contribution in [2.45, 2.75) is 19.3 Å². The molecule has 1 aliphatic heterocycles. The Labute approximate surface area is 114 Å². The number of anilines is 1. The average Bonchev–Trinajstić information content (AvgIpc) is 2.89. The molecule has 98 valence electrons. The van der Waals surface area contributed by atoms with Crippen LogP contribution in [0.2, 0.25) is 0 Å². The quantitative estimate of drug-likeness (QED) is 0.894. The molecular weight excluding hydrogens is 234 g/mol. The summed E-state index contributed by atoms with van der Waals surface area (Å²) in [5.41, 5.74) is 3.94. The number of hydrogen-bond donors (Lipinski definition) is 1. The highest BCUT2D eigenvalue weighted by molar-refractivity contribution is 5.52. The highest BCUT2D eigenvalue weighted by Crippen LogP contribution is 2.33. The third-order valence-corrected chi connectivity index (χ3v) is 3.74. The maximum absolute atomic E-state index is 5.72. The van der Waals surface area contributed by atoms with Crippen molar-refractivity contribution in [2.75, 3.05) is 18.5 Å². The second kappa shape index (κ2) is 5.35. The Morgan fingerprint density at radius 2 is 1.89 bits per heavy atom. The minimum absolute atomic E-state index is 0.445. The van der Waals surface area contributed by atoms with Crippen molar-refractivity contribution < 1.29 is 4.74 Å². The van der Waals surface area contributed by atoms with Crippen LogP contribution in [-0.2, 0) is 6.42 Å². The molecule has 0 aliphatic carbocycles. The molecular formula is C17H19NO. The van der Waals surface area contributed by atoms with Crippen molar-refractivity contribution >= 4 is 5.69 Å². The molecule has 0 bridgehead atoms. The average molecular weight is 253 g/mol. The molecule has 19 heavy (non-hydrogen) atoms. The Kier molecular flexibility index (Phi) is 3.41. The summed E-state index contributed by atoms with van der Waals surface area (Å²) in [5, 5.41) is 3.57. The lowest BCUT2D eigenvalue weighted by atomic mass is 10.0. The zero-order chi connectivity index (χ0) is 13.1. The first-order chi connectivity index (χ1) is 9.38. The number of hydrogen-bond acceptors (Lipinski definition) is 2. The van der Waals surface area contributed by atoms with E-state index in [-0.39, 0.29) is 0 Å². The van der Waals surface area contributed by atoms with Crippen LogP contribution in [0.4, 0.5) is 5.69 Å². The second-order valence-corrected chi connectivity index (χ2v) is 4.94. The van der Waals surface area contributed by atoms with Crippen molar-refractivity contribution in [2.24, 2.45) is 0 Å². The van der Waals surface area contributed by atoms with E-state index in [0.717, 1.165) is 25.3 Å². The molecule has 2 aromatic carbocycles. The van der Waals surface area contributed by atoms with Gasteiger partial charge in [0.2, 0.25) is 0 Å². The Balaban J connectivity index is 1.71. The van der Waals surface area contributed by atoms with Crippen LogP contribution in [0, 0.1) is 0 Å². The van der Waals surface area contributed by atoms with Gasteiger partial charge >= 0.3 is 0 Å². The second-order valence-electron chi connectivity index (χ2n) is 4.94. The lowest BCUT2D eigenvalue weighted by molar-refractivity contribution is 0.334. The van der Waals surface area contributed by atoms with E-state index >= 15 is 0 Å². The van der Waals surface area contributed by atoms with Gasteiger partial charge in [-0.25, -0.2) is 0 Å². The molecule has 0 aromatic heterocycles. The van der Waals surface area contributed by atoms with Gasteiger partial charge in [0.05, 0.1) is 6.61 Å². The van der Waals surface area contributed by atoms with Crippen LogP contribution in [0.1, 0.15) is 24.0 Å². The van der Waals surface area contributed by atoms with E-state index in [1.54, 1.807) is 0 Å². The molecule has 1 aliphatic rings. The van der Waals surface area contributed by atoms with E-state index in [4.69, 9.17) is 4.74 Å². The molecule has 1 heterocycles. The third kappa shape index (κ3) is 2.43. The maximum Gasteiger partial charge on any atom is 0.122 e. The van der Waals surface area contributed by atoms with Gasteiger partial charge < -0.3 is 10.1 Å². The summed E-state index contributed by atoms with van der Waals surface area (Å²) in [7, 11) is 0. The summed E-state index contributed by atoms with van der Waals surface area (Å²) in [6.45, 7) is 3.89. The topological polar surface area (TPSA) is 21.3 Å². The molecule has 0 fully saturated rings. The number of aryl methyl sites for hydroxylation is 1. The zero-order valence-electron chi connectivity index (χ0n) is 11.2. The van der Waals surface area contributed by atoms with Crippen LogP contribution < -0.4 is 10.1 Å². The SMILES string of the molecule is CCc1ccccc1NCC1COc2ccccc21. The number of nitrogens with one attached hydrogen (secondary N) is 1. The lowest BCUT2D eigenvalue weighted by Gasteiger charge is -2.14. The summed E-state index contributed by atoms with van der Waals surface area (Å²) in [4.78, 5) is 0. The maximum atomic E-state index is 5.72. The number of fused-ring (bicyclic) bond motifs is 1. The Hall–Kier alpha value is -1.96. The summed E-state index contributed by atoms with van der Waals surface area (Å²) in [6.07, 6.45) is 1.06. The van der Waals surface area contributed by atoms with Gasteiger partial charge in [-0.2, -0.15) is 0 Å². The lowest BCUT2D eigenvalue weighted by Crippen LogP contribution is -2.14. The van der Waals surface area contributed by atoms with E-state index in [1.165, 1.54) is 16.8 Å². The van der Waals surface area contributed by atoms with E-state index < -0.39 is 0 Å². The van der Waals surface area contributed by atoms with Gasteiger partial charge in [-0.3, -0.25) is 0 Å².